The van der Waals surface area contributed by atoms with Gasteiger partial charge in [-0.1, -0.05) is 12.1 Å². The summed E-state index contributed by atoms with van der Waals surface area (Å²) in [7, 11) is 1.33. The Balaban J connectivity index is 1.63. The Morgan fingerprint density at radius 2 is 2.12 bits per heavy atom. The van der Waals surface area contributed by atoms with E-state index in [1.807, 2.05) is 24.3 Å². The van der Waals surface area contributed by atoms with Crippen LogP contribution in [0.5, 0.6) is 0 Å². The molecule has 3 heterocycles. The van der Waals surface area contributed by atoms with E-state index in [2.05, 4.69) is 25.9 Å². The second kappa shape index (κ2) is 6.16. The lowest BCUT2D eigenvalue weighted by Gasteiger charge is -2.23. The number of hydrogen-bond donors (Lipinski definition) is 0. The van der Waals surface area contributed by atoms with Gasteiger partial charge in [0.15, 0.2) is 11.5 Å². The first kappa shape index (κ1) is 15.0. The number of carbonyl (C=O) groups is 1. The van der Waals surface area contributed by atoms with Crippen LogP contribution in [0.15, 0.2) is 36.4 Å². The molecule has 0 unspecified atom stereocenters. The standard InChI is InChI=1S/C17H16N4O2S/c1-23-17(22)12-8-9-15(20-19-12)21-10-4-6-13(21)16-18-11-5-2-3-7-14(11)24-16/h2-3,5,7-9,13H,4,6,10H2,1H3/t13-/m0/s1. The summed E-state index contributed by atoms with van der Waals surface area (Å²) < 4.78 is 5.86. The fourth-order valence-corrected chi connectivity index (χ4v) is 4.14. The summed E-state index contributed by atoms with van der Waals surface area (Å²) in [5.74, 6) is 0.294. The van der Waals surface area contributed by atoms with Crippen LogP contribution in [-0.4, -0.2) is 34.8 Å². The summed E-state index contributed by atoms with van der Waals surface area (Å²) in [6.45, 7) is 0.910. The first-order valence-electron chi connectivity index (χ1n) is 7.80. The summed E-state index contributed by atoms with van der Waals surface area (Å²) in [6.07, 6.45) is 2.13. The zero-order valence-electron chi connectivity index (χ0n) is 13.2. The molecule has 0 saturated carbocycles. The molecule has 122 valence electrons. The van der Waals surface area contributed by atoms with Gasteiger partial charge in [-0.25, -0.2) is 9.78 Å². The van der Waals surface area contributed by atoms with Crippen molar-refractivity contribution in [1.29, 1.82) is 0 Å². The molecule has 24 heavy (non-hydrogen) atoms. The van der Waals surface area contributed by atoms with Crippen LogP contribution in [0.2, 0.25) is 0 Å². The summed E-state index contributed by atoms with van der Waals surface area (Å²) >= 11 is 1.73. The molecule has 0 amide bonds. The minimum atomic E-state index is -0.474. The van der Waals surface area contributed by atoms with Crippen LogP contribution < -0.4 is 4.90 Å². The van der Waals surface area contributed by atoms with Gasteiger partial charge in [-0.05, 0) is 37.1 Å². The van der Waals surface area contributed by atoms with Gasteiger partial charge in [0.25, 0.3) is 0 Å². The number of fused-ring (bicyclic) bond motifs is 1. The fourth-order valence-electron chi connectivity index (χ4n) is 3.02. The molecular weight excluding hydrogens is 324 g/mol. The molecule has 1 atom stereocenters. The average Bonchev–Trinajstić information content (AvgIpc) is 3.27. The molecule has 1 saturated heterocycles. The van der Waals surface area contributed by atoms with Gasteiger partial charge in [0.2, 0.25) is 0 Å². The highest BCUT2D eigenvalue weighted by atomic mass is 32.1. The van der Waals surface area contributed by atoms with E-state index in [-0.39, 0.29) is 11.7 Å². The lowest BCUT2D eigenvalue weighted by molar-refractivity contribution is 0.0592. The number of carbonyl (C=O) groups excluding carboxylic acids is 1. The zero-order valence-corrected chi connectivity index (χ0v) is 14.0. The van der Waals surface area contributed by atoms with E-state index >= 15 is 0 Å². The Bertz CT molecular complexity index is 845. The van der Waals surface area contributed by atoms with E-state index in [1.54, 1.807) is 17.4 Å². The molecule has 0 radical (unpaired) electrons. The zero-order chi connectivity index (χ0) is 16.5. The molecule has 7 heteroatoms. The molecule has 3 aromatic rings. The van der Waals surface area contributed by atoms with Gasteiger partial charge < -0.3 is 9.64 Å². The third-order valence-corrected chi connectivity index (χ3v) is 5.33. The van der Waals surface area contributed by atoms with Crippen molar-refractivity contribution >= 4 is 33.3 Å². The summed E-state index contributed by atoms with van der Waals surface area (Å²) in [5, 5.41) is 9.30. The molecule has 2 aromatic heterocycles. The third-order valence-electron chi connectivity index (χ3n) is 4.19. The molecule has 0 bridgehead atoms. The van der Waals surface area contributed by atoms with Gasteiger partial charge in [0.05, 0.1) is 23.4 Å². The van der Waals surface area contributed by atoms with E-state index in [9.17, 15) is 4.79 Å². The number of hydrogen-bond acceptors (Lipinski definition) is 7. The smallest absolute Gasteiger partial charge is 0.358 e. The van der Waals surface area contributed by atoms with Crippen molar-refractivity contribution in [2.75, 3.05) is 18.6 Å². The Kier molecular flexibility index (Phi) is 3.86. The predicted octanol–water partition coefficient (Wildman–Crippen LogP) is 3.21. The van der Waals surface area contributed by atoms with Gasteiger partial charge in [-0.15, -0.1) is 21.5 Å². The van der Waals surface area contributed by atoms with Gasteiger partial charge in [0, 0.05) is 6.54 Å². The Morgan fingerprint density at radius 3 is 2.88 bits per heavy atom. The molecule has 6 nitrogen and oxygen atoms in total. The van der Waals surface area contributed by atoms with Crippen LogP contribution in [0.25, 0.3) is 10.2 Å². The molecule has 1 aromatic carbocycles. The van der Waals surface area contributed by atoms with Gasteiger partial charge in [-0.3, -0.25) is 0 Å². The van der Waals surface area contributed by atoms with Crippen molar-refractivity contribution in [2.24, 2.45) is 0 Å². The molecule has 4 rings (SSSR count). The second-order valence-electron chi connectivity index (χ2n) is 5.64. The first-order valence-corrected chi connectivity index (χ1v) is 8.62. The average molecular weight is 340 g/mol. The van der Waals surface area contributed by atoms with Gasteiger partial charge in [-0.2, -0.15) is 0 Å². The highest BCUT2D eigenvalue weighted by molar-refractivity contribution is 7.18. The number of nitrogens with zero attached hydrogens (tertiary/aromatic N) is 4. The van der Waals surface area contributed by atoms with Crippen LogP contribution in [0, 0.1) is 0 Å². The molecule has 0 N–H and O–H groups in total. The highest BCUT2D eigenvalue weighted by Crippen LogP contribution is 2.38. The van der Waals surface area contributed by atoms with Crippen LogP contribution in [0.4, 0.5) is 5.82 Å². The number of ether oxygens (including phenoxy) is 1. The minimum Gasteiger partial charge on any atom is -0.464 e. The van der Waals surface area contributed by atoms with Crippen LogP contribution in [-0.2, 0) is 4.74 Å². The maximum Gasteiger partial charge on any atom is 0.358 e. The van der Waals surface area contributed by atoms with Crippen molar-refractivity contribution in [2.45, 2.75) is 18.9 Å². The summed E-state index contributed by atoms with van der Waals surface area (Å²) in [4.78, 5) is 18.5. The van der Waals surface area contributed by atoms with Crippen LogP contribution in [0.1, 0.15) is 34.4 Å². The minimum absolute atomic E-state index is 0.209. The van der Waals surface area contributed by atoms with Crippen molar-refractivity contribution in [3.8, 4) is 0 Å². The number of para-hydroxylation sites is 1. The number of aromatic nitrogens is 3. The summed E-state index contributed by atoms with van der Waals surface area (Å²) in [5.41, 5.74) is 1.26. The van der Waals surface area contributed by atoms with E-state index < -0.39 is 5.97 Å². The maximum atomic E-state index is 11.5. The SMILES string of the molecule is COC(=O)c1ccc(N2CCC[C@H]2c2nc3ccccc3s2)nn1. The third kappa shape index (κ3) is 2.60. The van der Waals surface area contributed by atoms with E-state index in [4.69, 9.17) is 4.98 Å². The second-order valence-corrected chi connectivity index (χ2v) is 6.70. The monoisotopic (exact) mass is 340 g/mol. The van der Waals surface area contributed by atoms with Crippen LogP contribution >= 0.6 is 11.3 Å². The number of anilines is 1. The Labute approximate surface area is 143 Å². The van der Waals surface area contributed by atoms with Crippen LogP contribution in [0.3, 0.4) is 0 Å². The maximum absolute atomic E-state index is 11.5. The highest BCUT2D eigenvalue weighted by Gasteiger charge is 2.30. The van der Waals surface area contributed by atoms with E-state index in [1.165, 1.54) is 11.8 Å². The predicted molar refractivity (Wildman–Crippen MR) is 92.3 cm³/mol. The molecule has 0 aliphatic carbocycles. The number of thiazole rings is 1. The molecule has 1 aliphatic heterocycles. The fraction of sp³-hybridized carbons (Fsp3) is 0.294. The van der Waals surface area contributed by atoms with Gasteiger partial charge in [0.1, 0.15) is 5.01 Å². The quantitative estimate of drug-likeness (QED) is 0.682. The number of esters is 1. The van der Waals surface area contributed by atoms with Crippen molar-refractivity contribution in [3.63, 3.8) is 0 Å². The lowest BCUT2D eigenvalue weighted by atomic mass is 10.2. The van der Waals surface area contributed by atoms with E-state index in [0.29, 0.717) is 0 Å². The largest absolute Gasteiger partial charge is 0.464 e. The normalized spacial score (nSPS) is 17.4. The molecule has 1 fully saturated rings. The Morgan fingerprint density at radius 1 is 1.25 bits per heavy atom. The number of benzene rings is 1. The molecular formula is C17H16N4O2S. The summed E-state index contributed by atoms with van der Waals surface area (Å²) in [6, 6.07) is 11.9. The number of methoxy groups -OCH3 is 1. The Hall–Kier alpha value is -2.54. The topological polar surface area (TPSA) is 68.2 Å². The van der Waals surface area contributed by atoms with Crippen molar-refractivity contribution in [3.05, 3.63) is 47.1 Å². The van der Waals surface area contributed by atoms with E-state index in [0.717, 1.165) is 35.7 Å². The molecule has 0 spiro atoms. The van der Waals surface area contributed by atoms with Crippen molar-refractivity contribution < 1.29 is 9.53 Å². The molecule has 1 aliphatic rings. The number of rotatable bonds is 3. The first-order chi connectivity index (χ1) is 11.8. The van der Waals surface area contributed by atoms with Gasteiger partial charge >= 0.3 is 5.97 Å². The van der Waals surface area contributed by atoms with Crippen molar-refractivity contribution in [1.82, 2.24) is 15.2 Å². The lowest BCUT2D eigenvalue weighted by Crippen LogP contribution is -2.24.